The molecule has 4 N–H and O–H groups in total. The normalized spacial score (nSPS) is 11.3. The van der Waals surface area contributed by atoms with Gasteiger partial charge >= 0.3 is 0 Å². The molecule has 0 aliphatic rings. The van der Waals surface area contributed by atoms with Gasteiger partial charge in [-0.2, -0.15) is 0 Å². The van der Waals surface area contributed by atoms with Crippen LogP contribution < -0.4 is 15.8 Å². The Morgan fingerprint density at radius 3 is 2.37 bits per heavy atom. The molecule has 0 aliphatic carbocycles. The summed E-state index contributed by atoms with van der Waals surface area (Å²) < 4.78 is 21.7. The summed E-state index contributed by atoms with van der Waals surface area (Å²) in [5.74, 6) is 1.95. The van der Waals surface area contributed by atoms with Crippen molar-refractivity contribution in [3.63, 3.8) is 0 Å². The topological polar surface area (TPSA) is 110 Å². The number of nitrogens with two attached hydrogens (primary N) is 1. The molecular formula is C11H21N5O2S. The maximum absolute atomic E-state index is 10.9. The highest BCUT2D eigenvalue weighted by Gasteiger charge is 2.06. The lowest BCUT2D eigenvalue weighted by Crippen LogP contribution is -2.22. The van der Waals surface area contributed by atoms with E-state index in [1.807, 2.05) is 6.92 Å². The summed E-state index contributed by atoms with van der Waals surface area (Å²) in [5, 5.41) is 11.0. The van der Waals surface area contributed by atoms with Gasteiger partial charge in [0.25, 0.3) is 0 Å². The molecule has 0 amide bonds. The highest BCUT2D eigenvalue weighted by atomic mass is 32.2. The predicted octanol–water partition coefficient (Wildman–Crippen LogP) is 0.561. The summed E-state index contributed by atoms with van der Waals surface area (Å²) in [6.07, 6.45) is 1.73. The number of nitrogens with zero attached hydrogens (tertiary/aromatic N) is 2. The average molecular weight is 287 g/mol. The lowest BCUT2D eigenvalue weighted by Gasteiger charge is -2.10. The lowest BCUT2D eigenvalue weighted by molar-refractivity contribution is 0.598. The van der Waals surface area contributed by atoms with E-state index >= 15 is 0 Å². The predicted molar refractivity (Wildman–Crippen MR) is 76.7 cm³/mol. The van der Waals surface area contributed by atoms with Crippen molar-refractivity contribution >= 4 is 21.7 Å². The molecule has 0 radical (unpaired) electrons. The molecule has 1 rings (SSSR count). The van der Waals surface area contributed by atoms with Crippen LogP contribution in [0.2, 0.25) is 0 Å². The molecule has 1 aromatic rings. The van der Waals surface area contributed by atoms with E-state index in [-0.39, 0.29) is 12.3 Å². The first kappa shape index (κ1) is 15.6. The summed E-state index contributed by atoms with van der Waals surface area (Å²) in [6.45, 7) is 5.03. The van der Waals surface area contributed by atoms with Gasteiger partial charge in [0.05, 0.1) is 5.75 Å². The van der Waals surface area contributed by atoms with Crippen LogP contribution in [0.15, 0.2) is 6.07 Å². The summed E-state index contributed by atoms with van der Waals surface area (Å²) in [7, 11) is -3.46. The standard InChI is InChI=1S/C11H21N5O2S/c1-3-5-9-15-10(13-4-2)8-11(16-9)14-6-7-19(12,17)18/h8H,3-7H2,1-2H3,(H2,12,17,18)(H2,13,14,15,16). The van der Waals surface area contributed by atoms with Crippen LogP contribution in [-0.2, 0) is 16.4 Å². The molecule has 0 aliphatic heterocycles. The molecule has 19 heavy (non-hydrogen) atoms. The zero-order valence-corrected chi connectivity index (χ0v) is 12.1. The van der Waals surface area contributed by atoms with Crippen molar-refractivity contribution in [2.24, 2.45) is 5.14 Å². The highest BCUT2D eigenvalue weighted by molar-refractivity contribution is 7.89. The van der Waals surface area contributed by atoms with Crippen LogP contribution >= 0.6 is 0 Å². The average Bonchev–Trinajstić information content (AvgIpc) is 2.28. The third-order valence-electron chi connectivity index (χ3n) is 2.30. The molecule has 0 aromatic carbocycles. The Bertz CT molecular complexity index is 480. The first-order valence-electron chi connectivity index (χ1n) is 6.30. The molecule has 1 aromatic heterocycles. The first-order chi connectivity index (χ1) is 8.94. The van der Waals surface area contributed by atoms with Crippen molar-refractivity contribution in [1.29, 1.82) is 0 Å². The molecule has 7 nitrogen and oxygen atoms in total. The first-order valence-corrected chi connectivity index (χ1v) is 8.02. The van der Waals surface area contributed by atoms with E-state index < -0.39 is 10.0 Å². The fourth-order valence-electron chi connectivity index (χ4n) is 1.52. The van der Waals surface area contributed by atoms with Crippen LogP contribution in [-0.4, -0.2) is 37.2 Å². The Morgan fingerprint density at radius 2 is 1.84 bits per heavy atom. The van der Waals surface area contributed by atoms with Crippen LogP contribution in [0.1, 0.15) is 26.1 Å². The minimum atomic E-state index is -3.46. The fourth-order valence-corrected chi connectivity index (χ4v) is 1.90. The van der Waals surface area contributed by atoms with Gasteiger partial charge in [0.2, 0.25) is 10.0 Å². The van der Waals surface area contributed by atoms with Crippen LogP contribution in [0.4, 0.5) is 11.6 Å². The van der Waals surface area contributed by atoms with Crippen LogP contribution in [0.3, 0.4) is 0 Å². The lowest BCUT2D eigenvalue weighted by atomic mass is 10.3. The molecule has 8 heteroatoms. The molecule has 108 valence electrons. The second kappa shape index (κ2) is 7.25. The Kier molecular flexibility index (Phi) is 5.97. The largest absolute Gasteiger partial charge is 0.370 e. The molecule has 0 atom stereocenters. The number of primary sulfonamides is 1. The third kappa shape index (κ3) is 6.35. The number of nitrogens with one attached hydrogen (secondary N) is 2. The Balaban J connectivity index is 2.74. The SMILES string of the molecule is CCCc1nc(NCC)cc(NCCS(N)(=O)=O)n1. The molecule has 0 unspecified atom stereocenters. The van der Waals surface area contributed by atoms with Gasteiger partial charge < -0.3 is 10.6 Å². The summed E-state index contributed by atoms with van der Waals surface area (Å²) >= 11 is 0. The van der Waals surface area contributed by atoms with E-state index in [9.17, 15) is 8.42 Å². The third-order valence-corrected chi connectivity index (χ3v) is 3.07. The monoisotopic (exact) mass is 287 g/mol. The second-order valence-corrected chi connectivity index (χ2v) is 5.86. The zero-order chi connectivity index (χ0) is 14.3. The maximum atomic E-state index is 10.9. The van der Waals surface area contributed by atoms with E-state index in [1.165, 1.54) is 0 Å². The Hall–Kier alpha value is -1.41. The number of aromatic nitrogens is 2. The molecule has 0 saturated heterocycles. The van der Waals surface area contributed by atoms with Crippen molar-refractivity contribution in [1.82, 2.24) is 9.97 Å². The molecule has 1 heterocycles. The molecular weight excluding hydrogens is 266 g/mol. The number of hydrogen-bond acceptors (Lipinski definition) is 6. The number of sulfonamides is 1. The maximum Gasteiger partial charge on any atom is 0.210 e. The van der Waals surface area contributed by atoms with Crippen LogP contribution in [0, 0.1) is 0 Å². The van der Waals surface area contributed by atoms with Crippen molar-refractivity contribution in [3.05, 3.63) is 11.9 Å². The van der Waals surface area contributed by atoms with Gasteiger partial charge in [-0.25, -0.2) is 23.5 Å². The van der Waals surface area contributed by atoms with Gasteiger partial charge in [0, 0.05) is 25.6 Å². The minimum absolute atomic E-state index is 0.128. The van der Waals surface area contributed by atoms with Crippen LogP contribution in [0.25, 0.3) is 0 Å². The summed E-state index contributed by atoms with van der Waals surface area (Å²) in [5.41, 5.74) is 0. The molecule has 0 fully saturated rings. The van der Waals surface area contributed by atoms with Crippen molar-refractivity contribution in [2.45, 2.75) is 26.7 Å². The minimum Gasteiger partial charge on any atom is -0.370 e. The van der Waals surface area contributed by atoms with Crippen molar-refractivity contribution in [3.8, 4) is 0 Å². The highest BCUT2D eigenvalue weighted by Crippen LogP contribution is 2.12. The molecule has 0 spiro atoms. The molecule has 0 saturated carbocycles. The van der Waals surface area contributed by atoms with E-state index in [0.717, 1.165) is 31.0 Å². The van der Waals surface area contributed by atoms with E-state index in [0.29, 0.717) is 5.82 Å². The number of aryl methyl sites for hydroxylation is 1. The Labute approximate surface area is 114 Å². The van der Waals surface area contributed by atoms with Gasteiger partial charge in [-0.15, -0.1) is 0 Å². The zero-order valence-electron chi connectivity index (χ0n) is 11.3. The van der Waals surface area contributed by atoms with Gasteiger partial charge in [-0.3, -0.25) is 0 Å². The van der Waals surface area contributed by atoms with Gasteiger partial charge in [0.15, 0.2) is 0 Å². The number of anilines is 2. The number of hydrogen-bond donors (Lipinski definition) is 3. The van der Waals surface area contributed by atoms with Crippen molar-refractivity contribution in [2.75, 3.05) is 29.5 Å². The second-order valence-electron chi connectivity index (χ2n) is 4.13. The van der Waals surface area contributed by atoms with E-state index in [2.05, 4.69) is 27.5 Å². The van der Waals surface area contributed by atoms with Gasteiger partial charge in [0.1, 0.15) is 17.5 Å². The fraction of sp³-hybridized carbons (Fsp3) is 0.636. The summed E-state index contributed by atoms with van der Waals surface area (Å²) in [6, 6.07) is 1.76. The van der Waals surface area contributed by atoms with Gasteiger partial charge in [-0.1, -0.05) is 6.92 Å². The smallest absolute Gasteiger partial charge is 0.210 e. The Morgan fingerprint density at radius 1 is 1.21 bits per heavy atom. The summed E-state index contributed by atoms with van der Waals surface area (Å²) in [4.78, 5) is 8.69. The van der Waals surface area contributed by atoms with Crippen LogP contribution in [0.5, 0.6) is 0 Å². The van der Waals surface area contributed by atoms with E-state index in [1.54, 1.807) is 6.07 Å². The quantitative estimate of drug-likeness (QED) is 0.644. The molecule has 0 bridgehead atoms. The van der Waals surface area contributed by atoms with E-state index in [4.69, 9.17) is 5.14 Å². The number of rotatable bonds is 8. The van der Waals surface area contributed by atoms with Gasteiger partial charge in [-0.05, 0) is 13.3 Å². The van der Waals surface area contributed by atoms with Crippen molar-refractivity contribution < 1.29 is 8.42 Å².